The second kappa shape index (κ2) is 7.54. The lowest BCUT2D eigenvalue weighted by molar-refractivity contribution is -0.142. The van der Waals surface area contributed by atoms with Gasteiger partial charge in [0.15, 0.2) is 0 Å². The number of rotatable bonds is 4. The second-order valence-electron chi connectivity index (χ2n) is 7.32. The number of hydrogen-bond acceptors (Lipinski definition) is 5. The van der Waals surface area contributed by atoms with Gasteiger partial charge in [0.05, 0.1) is 11.7 Å². The van der Waals surface area contributed by atoms with Crippen molar-refractivity contribution in [3.63, 3.8) is 0 Å². The van der Waals surface area contributed by atoms with Crippen molar-refractivity contribution in [3.05, 3.63) is 24.3 Å². The van der Waals surface area contributed by atoms with Gasteiger partial charge in [-0.15, -0.1) is 0 Å². The predicted octanol–water partition coefficient (Wildman–Crippen LogP) is 0.855. The maximum atomic E-state index is 12.8. The van der Waals surface area contributed by atoms with Gasteiger partial charge in [-0.2, -0.15) is 0 Å². The first-order valence-corrected chi connectivity index (χ1v) is 10.7. The monoisotopic (exact) mass is 380 g/mol. The number of carbonyl (C=O) groups excluding carboxylic acids is 1. The first-order valence-electron chi connectivity index (χ1n) is 9.20. The number of carbonyl (C=O) groups is 1. The quantitative estimate of drug-likeness (QED) is 0.837. The van der Waals surface area contributed by atoms with E-state index in [0.717, 1.165) is 32.5 Å². The number of nitrogens with two attached hydrogens (primary N) is 1. The van der Waals surface area contributed by atoms with Crippen LogP contribution >= 0.6 is 0 Å². The first kappa shape index (κ1) is 19.1. The van der Waals surface area contributed by atoms with Gasteiger partial charge in [0, 0.05) is 38.8 Å². The second-order valence-corrected chi connectivity index (χ2v) is 8.85. The Morgan fingerprint density at radius 2 is 1.73 bits per heavy atom. The Bertz CT molecular complexity index is 757. The van der Waals surface area contributed by atoms with Gasteiger partial charge >= 0.3 is 0 Å². The van der Waals surface area contributed by atoms with E-state index in [-0.39, 0.29) is 22.9 Å². The number of likely N-dealkylation sites (tertiary alicyclic amines) is 1. The largest absolute Gasteiger partial charge is 0.368 e. The molecule has 0 radical (unpaired) electrons. The molecule has 1 aromatic rings. The molecule has 0 spiro atoms. The van der Waals surface area contributed by atoms with Crippen molar-refractivity contribution < 1.29 is 13.2 Å². The van der Waals surface area contributed by atoms with E-state index in [1.165, 1.54) is 0 Å². The van der Waals surface area contributed by atoms with Gasteiger partial charge in [-0.1, -0.05) is 12.1 Å². The molecule has 8 heteroatoms. The summed E-state index contributed by atoms with van der Waals surface area (Å²) >= 11 is 0. The summed E-state index contributed by atoms with van der Waals surface area (Å²) in [6.07, 6.45) is 1.93. The molecule has 144 valence electrons. The number of hydrogen-bond donors (Lipinski definition) is 1. The van der Waals surface area contributed by atoms with Crippen LogP contribution in [0.3, 0.4) is 0 Å². The van der Waals surface area contributed by atoms with Crippen molar-refractivity contribution in [2.75, 3.05) is 37.6 Å². The number of para-hydroxylation sites is 1. The summed E-state index contributed by atoms with van der Waals surface area (Å²) in [5, 5.41) is 5.36. The molecular formula is C18H28N4O3S. The van der Waals surface area contributed by atoms with E-state index in [9.17, 15) is 13.2 Å². The highest BCUT2D eigenvalue weighted by Gasteiger charge is 2.36. The molecule has 2 fully saturated rings. The summed E-state index contributed by atoms with van der Waals surface area (Å²) in [5.74, 6) is 0.227. The van der Waals surface area contributed by atoms with Gasteiger partial charge in [-0.05, 0) is 38.8 Å². The van der Waals surface area contributed by atoms with E-state index in [2.05, 4.69) is 18.7 Å². The number of amides is 1. The molecule has 1 amide bonds. The molecule has 2 saturated heterocycles. The summed E-state index contributed by atoms with van der Waals surface area (Å²) in [6.45, 7) is 7.79. The molecule has 0 saturated carbocycles. The summed E-state index contributed by atoms with van der Waals surface area (Å²) < 4.78 is 23.7. The third kappa shape index (κ3) is 3.87. The summed E-state index contributed by atoms with van der Waals surface area (Å²) in [6, 6.07) is 7.02. The minimum Gasteiger partial charge on any atom is -0.368 e. The molecule has 1 atom stereocenters. The fourth-order valence-electron chi connectivity index (χ4n) is 3.97. The number of anilines is 1. The van der Waals surface area contributed by atoms with Gasteiger partial charge in [0.2, 0.25) is 15.9 Å². The number of sulfonamides is 1. The summed E-state index contributed by atoms with van der Waals surface area (Å²) in [4.78, 5) is 19.2. The predicted molar refractivity (Wildman–Crippen MR) is 101 cm³/mol. The lowest BCUT2D eigenvalue weighted by Crippen LogP contribution is -2.58. The third-order valence-electron chi connectivity index (χ3n) is 5.34. The van der Waals surface area contributed by atoms with E-state index in [4.69, 9.17) is 5.14 Å². The van der Waals surface area contributed by atoms with Crippen molar-refractivity contribution in [2.45, 2.75) is 43.7 Å². The minimum atomic E-state index is -3.76. The van der Waals surface area contributed by atoms with Crippen LogP contribution in [0.15, 0.2) is 29.2 Å². The Kier molecular flexibility index (Phi) is 5.55. The molecule has 2 aliphatic heterocycles. The Labute approximate surface area is 155 Å². The molecule has 2 aliphatic rings. The van der Waals surface area contributed by atoms with Crippen molar-refractivity contribution >= 4 is 21.6 Å². The summed E-state index contributed by atoms with van der Waals surface area (Å²) in [5.41, 5.74) is 0.647. The number of piperidine rings is 1. The highest BCUT2D eigenvalue weighted by Crippen LogP contribution is 2.27. The van der Waals surface area contributed by atoms with Crippen molar-refractivity contribution in [3.8, 4) is 0 Å². The van der Waals surface area contributed by atoms with Crippen LogP contribution in [0.5, 0.6) is 0 Å². The highest BCUT2D eigenvalue weighted by atomic mass is 32.2. The average Bonchev–Trinajstić information content (AvgIpc) is 2.61. The van der Waals surface area contributed by atoms with Gasteiger partial charge in [-0.25, -0.2) is 13.6 Å². The number of benzene rings is 1. The van der Waals surface area contributed by atoms with E-state index in [1.54, 1.807) is 18.2 Å². The molecule has 3 rings (SSSR count). The molecule has 0 aliphatic carbocycles. The number of piperazine rings is 1. The molecule has 7 nitrogen and oxygen atoms in total. The van der Waals surface area contributed by atoms with Crippen LogP contribution < -0.4 is 10.0 Å². The van der Waals surface area contributed by atoms with E-state index >= 15 is 0 Å². The molecular weight excluding hydrogens is 352 g/mol. The normalized spacial score (nSPS) is 22.9. The zero-order valence-corrected chi connectivity index (χ0v) is 16.3. The van der Waals surface area contributed by atoms with Crippen LogP contribution in [0.25, 0.3) is 0 Å². The van der Waals surface area contributed by atoms with Gasteiger partial charge in [0.25, 0.3) is 0 Å². The van der Waals surface area contributed by atoms with Gasteiger partial charge in [-0.3, -0.25) is 9.69 Å². The van der Waals surface area contributed by atoms with E-state index in [0.29, 0.717) is 18.8 Å². The smallest absolute Gasteiger partial charge is 0.240 e. The maximum Gasteiger partial charge on any atom is 0.240 e. The van der Waals surface area contributed by atoms with E-state index in [1.807, 2.05) is 15.9 Å². The van der Waals surface area contributed by atoms with E-state index < -0.39 is 10.0 Å². The standard InChI is InChI=1S/C18H28N4O3S/c1-14(2)22-9-5-7-16(18(22)23)21-12-10-20(11-13-21)15-6-3-4-8-17(15)26(19,24)25/h3-4,6,8,14,16H,5,7,9-13H2,1-2H3,(H2,19,24,25). The molecule has 2 heterocycles. The average molecular weight is 381 g/mol. The SMILES string of the molecule is CC(C)N1CCCC(N2CCN(c3ccccc3S(N)(=O)=O)CC2)C1=O. The highest BCUT2D eigenvalue weighted by molar-refractivity contribution is 7.89. The van der Waals surface area contributed by atoms with Crippen LogP contribution in [0.2, 0.25) is 0 Å². The zero-order valence-electron chi connectivity index (χ0n) is 15.5. The molecule has 0 aromatic heterocycles. The van der Waals surface area contributed by atoms with Crippen LogP contribution in [-0.2, 0) is 14.8 Å². The summed E-state index contributed by atoms with van der Waals surface area (Å²) in [7, 11) is -3.76. The fourth-order valence-corrected chi connectivity index (χ4v) is 4.72. The number of nitrogens with zero attached hydrogens (tertiary/aromatic N) is 3. The number of primary sulfonamides is 1. The fraction of sp³-hybridized carbons (Fsp3) is 0.611. The zero-order chi connectivity index (χ0) is 18.9. The van der Waals surface area contributed by atoms with Crippen molar-refractivity contribution in [1.29, 1.82) is 0 Å². The Balaban J connectivity index is 1.70. The van der Waals surface area contributed by atoms with Crippen LogP contribution in [0, 0.1) is 0 Å². The molecule has 2 N–H and O–H groups in total. The lowest BCUT2D eigenvalue weighted by Gasteiger charge is -2.44. The molecule has 26 heavy (non-hydrogen) atoms. The minimum absolute atomic E-state index is 0.0539. The lowest BCUT2D eigenvalue weighted by atomic mass is 10.0. The van der Waals surface area contributed by atoms with Crippen molar-refractivity contribution in [1.82, 2.24) is 9.80 Å². The topological polar surface area (TPSA) is 86.9 Å². The van der Waals surface area contributed by atoms with Gasteiger partial charge in [0.1, 0.15) is 4.90 Å². The van der Waals surface area contributed by atoms with Crippen LogP contribution in [-0.4, -0.2) is 68.9 Å². The van der Waals surface area contributed by atoms with Crippen LogP contribution in [0.4, 0.5) is 5.69 Å². The molecule has 1 unspecified atom stereocenters. The van der Waals surface area contributed by atoms with Gasteiger partial charge < -0.3 is 9.80 Å². The third-order valence-corrected chi connectivity index (χ3v) is 6.29. The Hall–Kier alpha value is -1.64. The van der Waals surface area contributed by atoms with Crippen LogP contribution in [0.1, 0.15) is 26.7 Å². The maximum absolute atomic E-state index is 12.8. The molecule has 0 bridgehead atoms. The van der Waals surface area contributed by atoms with Crippen molar-refractivity contribution in [2.24, 2.45) is 5.14 Å². The molecule has 1 aromatic carbocycles. The Morgan fingerprint density at radius 1 is 1.08 bits per heavy atom. The Morgan fingerprint density at radius 3 is 2.35 bits per heavy atom. The first-order chi connectivity index (χ1) is 12.3.